The fourth-order valence-electron chi connectivity index (χ4n) is 8.77. The largest absolute Gasteiger partial charge is 0.493 e. The van der Waals surface area contributed by atoms with Crippen LogP contribution in [0.25, 0.3) is 11.0 Å². The molecule has 0 spiro atoms. The summed E-state index contributed by atoms with van der Waals surface area (Å²) in [7, 11) is 9.63. The first-order chi connectivity index (χ1) is 28.2. The predicted octanol–water partition coefficient (Wildman–Crippen LogP) is 7.04. The molecule has 0 radical (unpaired) electrons. The zero-order chi connectivity index (χ0) is 40.8. The van der Waals surface area contributed by atoms with E-state index in [1.165, 1.54) is 12.7 Å². The molecule has 1 unspecified atom stereocenters. The molecule has 1 aromatic heterocycles. The molecule has 2 saturated heterocycles. The van der Waals surface area contributed by atoms with Crippen molar-refractivity contribution in [1.82, 2.24) is 19.4 Å². The maximum absolute atomic E-state index is 14.3. The van der Waals surface area contributed by atoms with Gasteiger partial charge in [-0.2, -0.15) is 0 Å². The van der Waals surface area contributed by atoms with Crippen LogP contribution in [0.15, 0.2) is 78.9 Å². The molecule has 0 saturated carbocycles. The van der Waals surface area contributed by atoms with Gasteiger partial charge in [0.05, 0.1) is 59.3 Å². The SMILES string of the molecule is COC(=O)c1ccc(Cn2c(C(=O)C3CCN(CCC4(c5ccc(OC)c(OC)c5)CCN(Cc5cc(OC)c(OC)c(OC)c5)C4)CC3)nc3ccccc32)cc1. The molecule has 0 bridgehead atoms. The van der Waals surface area contributed by atoms with E-state index in [-0.39, 0.29) is 23.1 Å². The van der Waals surface area contributed by atoms with Gasteiger partial charge in [0.25, 0.3) is 0 Å². The molecule has 4 aromatic carbocycles. The Kier molecular flexibility index (Phi) is 12.5. The number of nitrogens with zero attached hydrogens (tertiary/aromatic N) is 4. The number of hydrogen-bond acceptors (Lipinski definition) is 11. The summed E-state index contributed by atoms with van der Waals surface area (Å²) < 4.78 is 35.2. The summed E-state index contributed by atoms with van der Waals surface area (Å²) in [6, 6.07) is 25.6. The average molecular weight is 791 g/mol. The van der Waals surface area contributed by atoms with Crippen molar-refractivity contribution in [3.63, 3.8) is 0 Å². The summed E-state index contributed by atoms with van der Waals surface area (Å²) in [5.74, 6) is 3.40. The number of piperidine rings is 1. The molecule has 0 aliphatic carbocycles. The first-order valence-corrected chi connectivity index (χ1v) is 19.9. The normalized spacial score (nSPS) is 17.6. The van der Waals surface area contributed by atoms with Gasteiger partial charge in [0.2, 0.25) is 11.5 Å². The highest BCUT2D eigenvalue weighted by molar-refractivity contribution is 5.98. The van der Waals surface area contributed by atoms with Crippen LogP contribution in [0.4, 0.5) is 0 Å². The number of carbonyl (C=O) groups is 2. The number of ketones is 1. The molecule has 0 N–H and O–H groups in total. The van der Waals surface area contributed by atoms with Gasteiger partial charge in [-0.25, -0.2) is 9.78 Å². The number of esters is 1. The molecule has 12 nitrogen and oxygen atoms in total. The Balaban J connectivity index is 1.05. The van der Waals surface area contributed by atoms with Crippen molar-refractivity contribution in [3.05, 3.63) is 107 Å². The lowest BCUT2D eigenvalue weighted by atomic mass is 9.76. The zero-order valence-electron chi connectivity index (χ0n) is 34.4. The Hall–Kier alpha value is -5.59. The van der Waals surface area contributed by atoms with Crippen LogP contribution in [0.2, 0.25) is 0 Å². The van der Waals surface area contributed by atoms with Crippen LogP contribution in [-0.2, 0) is 23.2 Å². The van der Waals surface area contributed by atoms with Gasteiger partial charge in [0.1, 0.15) is 0 Å². The number of benzene rings is 4. The van der Waals surface area contributed by atoms with Gasteiger partial charge in [0, 0.05) is 31.0 Å². The molecule has 12 heteroatoms. The van der Waals surface area contributed by atoms with Crippen molar-refractivity contribution in [2.24, 2.45) is 5.92 Å². The number of ether oxygens (including phenoxy) is 6. The van der Waals surface area contributed by atoms with Gasteiger partial charge in [-0.1, -0.05) is 30.3 Å². The van der Waals surface area contributed by atoms with E-state index in [4.69, 9.17) is 33.4 Å². The van der Waals surface area contributed by atoms with Crippen LogP contribution in [0.5, 0.6) is 28.7 Å². The molecule has 5 aromatic rings. The third-order valence-electron chi connectivity index (χ3n) is 12.0. The Morgan fingerprint density at radius 1 is 0.707 bits per heavy atom. The molecule has 1 atom stereocenters. The topological polar surface area (TPSA) is 114 Å². The second-order valence-electron chi connectivity index (χ2n) is 15.3. The smallest absolute Gasteiger partial charge is 0.337 e. The van der Waals surface area contributed by atoms with E-state index in [0.29, 0.717) is 40.9 Å². The molecule has 2 aliphatic rings. The number of rotatable bonds is 16. The highest BCUT2D eigenvalue weighted by Crippen LogP contribution is 2.43. The number of fused-ring (bicyclic) bond motifs is 1. The monoisotopic (exact) mass is 790 g/mol. The Morgan fingerprint density at radius 3 is 2.05 bits per heavy atom. The van der Waals surface area contributed by atoms with Gasteiger partial charge < -0.3 is 37.9 Å². The first kappa shape index (κ1) is 40.6. The zero-order valence-corrected chi connectivity index (χ0v) is 34.4. The minimum absolute atomic E-state index is 0.0852. The number of Topliss-reactive ketones (excluding diaryl/α,β-unsaturated/α-hetero) is 1. The van der Waals surface area contributed by atoms with Crippen molar-refractivity contribution < 1.29 is 38.0 Å². The van der Waals surface area contributed by atoms with E-state index in [1.54, 1.807) is 47.7 Å². The van der Waals surface area contributed by atoms with Crippen molar-refractivity contribution in [3.8, 4) is 28.7 Å². The summed E-state index contributed by atoms with van der Waals surface area (Å²) >= 11 is 0. The van der Waals surface area contributed by atoms with Crippen LogP contribution < -0.4 is 23.7 Å². The van der Waals surface area contributed by atoms with Crippen LogP contribution in [0.3, 0.4) is 0 Å². The second kappa shape index (κ2) is 17.9. The Morgan fingerprint density at radius 2 is 1.40 bits per heavy atom. The highest BCUT2D eigenvalue weighted by atomic mass is 16.5. The van der Waals surface area contributed by atoms with Gasteiger partial charge in [-0.15, -0.1) is 0 Å². The summed E-state index contributed by atoms with van der Waals surface area (Å²) in [5, 5.41) is 0. The lowest BCUT2D eigenvalue weighted by Crippen LogP contribution is -2.41. The van der Waals surface area contributed by atoms with Gasteiger partial charge in [0.15, 0.2) is 28.8 Å². The molecule has 2 fully saturated rings. The molecule has 2 aliphatic heterocycles. The Bertz CT molecular complexity index is 2200. The van der Waals surface area contributed by atoms with E-state index in [0.717, 1.165) is 92.9 Å². The molecular formula is C46H54N4O8. The van der Waals surface area contributed by atoms with E-state index >= 15 is 0 Å². The fourth-order valence-corrected chi connectivity index (χ4v) is 8.77. The number of para-hydroxylation sites is 2. The lowest BCUT2D eigenvalue weighted by Gasteiger charge is -2.36. The molecule has 3 heterocycles. The van der Waals surface area contributed by atoms with E-state index in [1.807, 2.05) is 59.2 Å². The molecule has 7 rings (SSSR count). The molecular weight excluding hydrogens is 737 g/mol. The number of hydrogen-bond donors (Lipinski definition) is 0. The number of imidazole rings is 1. The van der Waals surface area contributed by atoms with Crippen molar-refractivity contribution >= 4 is 22.8 Å². The number of likely N-dealkylation sites (tertiary alicyclic amines) is 2. The third-order valence-corrected chi connectivity index (χ3v) is 12.0. The lowest BCUT2D eigenvalue weighted by molar-refractivity contribution is 0.0600. The number of carbonyl (C=O) groups excluding carboxylic acids is 2. The summed E-state index contributed by atoms with van der Waals surface area (Å²) in [6.07, 6.45) is 3.49. The predicted molar refractivity (Wildman–Crippen MR) is 222 cm³/mol. The number of methoxy groups -OCH3 is 6. The average Bonchev–Trinajstić information content (AvgIpc) is 3.86. The minimum atomic E-state index is -0.379. The van der Waals surface area contributed by atoms with Crippen LogP contribution in [0.1, 0.15) is 63.4 Å². The standard InChI is InChI=1S/C46H54N4O8/c1-53-38-16-15-35(27-39(38)54-2)46(20-24-49(30-46)28-32-25-40(55-3)43(57-5)41(26-32)56-4)19-23-48-21-17-33(18-22-48)42(51)44-47-36-9-7-8-10-37(36)50(44)29-31-11-13-34(14-12-31)45(52)58-6/h7-16,25-27,33H,17-24,28-30H2,1-6H3. The van der Waals surface area contributed by atoms with E-state index in [9.17, 15) is 9.59 Å². The van der Waals surface area contributed by atoms with Gasteiger partial charge in [-0.05, 0) is 117 Å². The summed E-state index contributed by atoms with van der Waals surface area (Å²) in [5.41, 5.74) is 5.38. The molecule has 306 valence electrons. The van der Waals surface area contributed by atoms with Crippen molar-refractivity contribution in [2.45, 2.75) is 44.2 Å². The summed E-state index contributed by atoms with van der Waals surface area (Å²) in [6.45, 7) is 5.59. The van der Waals surface area contributed by atoms with E-state index < -0.39 is 0 Å². The van der Waals surface area contributed by atoms with Crippen molar-refractivity contribution in [1.29, 1.82) is 0 Å². The van der Waals surface area contributed by atoms with Crippen molar-refractivity contribution in [2.75, 3.05) is 75.4 Å². The highest BCUT2D eigenvalue weighted by Gasteiger charge is 2.41. The van der Waals surface area contributed by atoms with Gasteiger partial charge >= 0.3 is 5.97 Å². The maximum atomic E-state index is 14.3. The fraction of sp³-hybridized carbons (Fsp3) is 0.413. The number of aromatic nitrogens is 2. The van der Waals surface area contributed by atoms with Crippen LogP contribution >= 0.6 is 0 Å². The quantitative estimate of drug-likeness (QED) is 0.0758. The third kappa shape index (κ3) is 8.35. The van der Waals surface area contributed by atoms with Crippen LogP contribution in [-0.4, -0.2) is 106 Å². The Labute approximate surface area is 340 Å². The maximum Gasteiger partial charge on any atom is 0.337 e. The first-order valence-electron chi connectivity index (χ1n) is 19.9. The minimum Gasteiger partial charge on any atom is -0.493 e. The molecule has 58 heavy (non-hydrogen) atoms. The second-order valence-corrected chi connectivity index (χ2v) is 15.3. The van der Waals surface area contributed by atoms with Gasteiger partial charge in [-0.3, -0.25) is 9.69 Å². The van der Waals surface area contributed by atoms with E-state index in [2.05, 4.69) is 21.9 Å². The summed E-state index contributed by atoms with van der Waals surface area (Å²) in [4.78, 5) is 36.2. The molecule has 0 amide bonds. The van der Waals surface area contributed by atoms with Crippen LogP contribution in [0, 0.1) is 5.92 Å².